The molecular weight excluding hydrogens is 184 g/mol. The average Bonchev–Trinajstić information content (AvgIpc) is 2.29. The molecule has 0 aliphatic heterocycles. The third-order valence-corrected chi connectivity index (χ3v) is 3.47. The number of nitrogens with zero attached hydrogens (tertiary/aromatic N) is 1. The molecule has 2 N–H and O–H groups in total. The quantitative estimate of drug-likeness (QED) is 0.821. The van der Waals surface area contributed by atoms with E-state index < -0.39 is 0 Å². The number of anilines is 1. The minimum atomic E-state index is 0.716. The Morgan fingerprint density at radius 2 is 2.07 bits per heavy atom. The molecular formula is C13H20N2. The van der Waals surface area contributed by atoms with Crippen LogP contribution in [-0.2, 0) is 6.42 Å². The Bertz CT molecular complexity index is 303. The Hall–Kier alpha value is -1.05. The van der Waals surface area contributed by atoms with E-state index in [1.54, 1.807) is 6.20 Å². The highest BCUT2D eigenvalue weighted by molar-refractivity contribution is 5.38. The largest absolute Gasteiger partial charge is 0.383 e. The Morgan fingerprint density at radius 1 is 1.27 bits per heavy atom. The zero-order valence-electron chi connectivity index (χ0n) is 9.28. The van der Waals surface area contributed by atoms with E-state index in [-0.39, 0.29) is 0 Å². The van der Waals surface area contributed by atoms with Crippen LogP contribution in [0.4, 0.5) is 5.82 Å². The SMILES string of the molecule is Nc1ncccc1CCC1CCCCC1. The lowest BCUT2D eigenvalue weighted by atomic mass is 9.85. The fourth-order valence-corrected chi connectivity index (χ4v) is 2.50. The molecule has 2 heteroatoms. The monoisotopic (exact) mass is 204 g/mol. The summed E-state index contributed by atoms with van der Waals surface area (Å²) in [4.78, 5) is 4.12. The average molecular weight is 204 g/mol. The van der Waals surface area contributed by atoms with E-state index in [0.717, 1.165) is 12.3 Å². The highest BCUT2D eigenvalue weighted by Gasteiger charge is 2.13. The van der Waals surface area contributed by atoms with E-state index in [4.69, 9.17) is 5.73 Å². The molecule has 2 nitrogen and oxygen atoms in total. The summed E-state index contributed by atoms with van der Waals surface area (Å²) in [5.74, 6) is 1.65. The number of rotatable bonds is 3. The summed E-state index contributed by atoms with van der Waals surface area (Å²) in [6.45, 7) is 0. The first-order valence-electron chi connectivity index (χ1n) is 6.05. The Kier molecular flexibility index (Phi) is 3.59. The number of hydrogen-bond donors (Lipinski definition) is 1. The molecule has 0 spiro atoms. The van der Waals surface area contributed by atoms with Gasteiger partial charge in [0.2, 0.25) is 0 Å². The van der Waals surface area contributed by atoms with E-state index >= 15 is 0 Å². The number of nitrogens with two attached hydrogens (primary N) is 1. The number of aromatic nitrogens is 1. The van der Waals surface area contributed by atoms with Crippen molar-refractivity contribution in [3.05, 3.63) is 23.9 Å². The van der Waals surface area contributed by atoms with Gasteiger partial charge in [-0.1, -0.05) is 38.2 Å². The number of nitrogen functional groups attached to an aromatic ring is 1. The topological polar surface area (TPSA) is 38.9 Å². The van der Waals surface area contributed by atoms with Gasteiger partial charge in [-0.25, -0.2) is 4.98 Å². The van der Waals surface area contributed by atoms with Crippen LogP contribution in [0.25, 0.3) is 0 Å². The van der Waals surface area contributed by atoms with Gasteiger partial charge in [0.15, 0.2) is 0 Å². The molecule has 1 aromatic rings. The van der Waals surface area contributed by atoms with Crippen molar-refractivity contribution in [3.63, 3.8) is 0 Å². The minimum Gasteiger partial charge on any atom is -0.383 e. The van der Waals surface area contributed by atoms with Crippen molar-refractivity contribution in [2.45, 2.75) is 44.9 Å². The summed E-state index contributed by atoms with van der Waals surface area (Å²) in [7, 11) is 0. The summed E-state index contributed by atoms with van der Waals surface area (Å²) in [6.07, 6.45) is 11.3. The maximum absolute atomic E-state index is 5.83. The fourth-order valence-electron chi connectivity index (χ4n) is 2.50. The number of aryl methyl sites for hydroxylation is 1. The zero-order valence-corrected chi connectivity index (χ0v) is 9.28. The van der Waals surface area contributed by atoms with Crippen LogP contribution in [0, 0.1) is 5.92 Å². The number of pyridine rings is 1. The van der Waals surface area contributed by atoms with E-state index in [9.17, 15) is 0 Å². The van der Waals surface area contributed by atoms with Gasteiger partial charge in [-0.05, 0) is 30.4 Å². The molecule has 0 saturated heterocycles. The second-order valence-corrected chi connectivity index (χ2v) is 4.59. The molecule has 0 atom stereocenters. The van der Waals surface area contributed by atoms with Gasteiger partial charge in [0, 0.05) is 6.20 Å². The molecule has 1 fully saturated rings. The standard InChI is InChI=1S/C13H20N2/c14-13-12(7-4-10-15-13)9-8-11-5-2-1-3-6-11/h4,7,10-11H,1-3,5-6,8-9H2,(H2,14,15). The van der Waals surface area contributed by atoms with Crippen molar-refractivity contribution in [2.75, 3.05) is 5.73 Å². The summed E-state index contributed by atoms with van der Waals surface area (Å²) >= 11 is 0. The van der Waals surface area contributed by atoms with Gasteiger partial charge < -0.3 is 5.73 Å². The van der Waals surface area contributed by atoms with Gasteiger partial charge in [-0.2, -0.15) is 0 Å². The minimum absolute atomic E-state index is 0.716. The lowest BCUT2D eigenvalue weighted by Crippen LogP contribution is -2.08. The van der Waals surface area contributed by atoms with E-state index in [1.807, 2.05) is 6.07 Å². The van der Waals surface area contributed by atoms with Gasteiger partial charge in [-0.15, -0.1) is 0 Å². The highest BCUT2D eigenvalue weighted by Crippen LogP contribution is 2.27. The van der Waals surface area contributed by atoms with Gasteiger partial charge in [0.05, 0.1) is 0 Å². The maximum atomic E-state index is 5.83. The Balaban J connectivity index is 1.84. The van der Waals surface area contributed by atoms with Crippen LogP contribution in [0.1, 0.15) is 44.1 Å². The van der Waals surface area contributed by atoms with Gasteiger partial charge >= 0.3 is 0 Å². The van der Waals surface area contributed by atoms with Gasteiger partial charge in [0.25, 0.3) is 0 Å². The summed E-state index contributed by atoms with van der Waals surface area (Å²) in [5.41, 5.74) is 7.05. The molecule has 1 heterocycles. The van der Waals surface area contributed by atoms with Crippen LogP contribution in [0.3, 0.4) is 0 Å². The predicted molar refractivity (Wildman–Crippen MR) is 63.5 cm³/mol. The molecule has 1 aromatic heterocycles. The van der Waals surface area contributed by atoms with Crippen molar-refractivity contribution in [1.29, 1.82) is 0 Å². The van der Waals surface area contributed by atoms with Crippen LogP contribution in [0.15, 0.2) is 18.3 Å². The summed E-state index contributed by atoms with van der Waals surface area (Å²) < 4.78 is 0. The lowest BCUT2D eigenvalue weighted by molar-refractivity contribution is 0.339. The van der Waals surface area contributed by atoms with Crippen LogP contribution in [0.5, 0.6) is 0 Å². The zero-order chi connectivity index (χ0) is 10.5. The first-order valence-corrected chi connectivity index (χ1v) is 6.05. The van der Waals surface area contributed by atoms with E-state index in [1.165, 1.54) is 44.1 Å². The molecule has 1 saturated carbocycles. The molecule has 0 aromatic carbocycles. The molecule has 82 valence electrons. The molecule has 1 aliphatic carbocycles. The van der Waals surface area contributed by atoms with Crippen LogP contribution < -0.4 is 5.73 Å². The molecule has 0 unspecified atom stereocenters. The van der Waals surface area contributed by atoms with Crippen molar-refractivity contribution < 1.29 is 0 Å². The second-order valence-electron chi connectivity index (χ2n) is 4.59. The lowest BCUT2D eigenvalue weighted by Gasteiger charge is -2.21. The van der Waals surface area contributed by atoms with Crippen LogP contribution >= 0.6 is 0 Å². The molecule has 0 amide bonds. The first kappa shape index (κ1) is 10.5. The van der Waals surface area contributed by atoms with Gasteiger partial charge in [0.1, 0.15) is 5.82 Å². The Morgan fingerprint density at radius 3 is 2.80 bits per heavy atom. The third-order valence-electron chi connectivity index (χ3n) is 3.47. The molecule has 0 bridgehead atoms. The predicted octanol–water partition coefficient (Wildman–Crippen LogP) is 3.18. The normalized spacial score (nSPS) is 17.9. The number of hydrogen-bond acceptors (Lipinski definition) is 2. The van der Waals surface area contributed by atoms with Crippen molar-refractivity contribution >= 4 is 5.82 Å². The highest BCUT2D eigenvalue weighted by atomic mass is 14.8. The van der Waals surface area contributed by atoms with E-state index in [0.29, 0.717) is 5.82 Å². The second kappa shape index (κ2) is 5.15. The fraction of sp³-hybridized carbons (Fsp3) is 0.615. The molecule has 0 radical (unpaired) electrons. The van der Waals surface area contributed by atoms with Crippen LogP contribution in [0.2, 0.25) is 0 Å². The molecule has 2 rings (SSSR count). The van der Waals surface area contributed by atoms with E-state index in [2.05, 4.69) is 11.1 Å². The Labute approximate surface area is 91.9 Å². The van der Waals surface area contributed by atoms with Crippen molar-refractivity contribution in [3.8, 4) is 0 Å². The molecule has 1 aliphatic rings. The smallest absolute Gasteiger partial charge is 0.126 e. The first-order chi connectivity index (χ1) is 7.36. The van der Waals surface area contributed by atoms with Crippen molar-refractivity contribution in [1.82, 2.24) is 4.98 Å². The van der Waals surface area contributed by atoms with Crippen LogP contribution in [-0.4, -0.2) is 4.98 Å². The van der Waals surface area contributed by atoms with Gasteiger partial charge in [-0.3, -0.25) is 0 Å². The van der Waals surface area contributed by atoms with Crippen molar-refractivity contribution in [2.24, 2.45) is 5.92 Å². The molecule has 15 heavy (non-hydrogen) atoms. The third kappa shape index (κ3) is 2.95. The summed E-state index contributed by atoms with van der Waals surface area (Å²) in [6, 6.07) is 4.08. The maximum Gasteiger partial charge on any atom is 0.126 e. The summed E-state index contributed by atoms with van der Waals surface area (Å²) in [5, 5.41) is 0.